The SMILES string of the molecule is CCOP(=O)(OCC)C(Br)c1cccc(C(=O)OC)c1. The molecule has 112 valence electrons. The van der Waals surface area contributed by atoms with Crippen molar-refractivity contribution in [1.82, 2.24) is 0 Å². The Morgan fingerprint density at radius 1 is 1.30 bits per heavy atom. The predicted molar refractivity (Wildman–Crippen MR) is 80.3 cm³/mol. The molecular weight excluding hydrogens is 347 g/mol. The van der Waals surface area contributed by atoms with E-state index in [4.69, 9.17) is 9.05 Å². The fourth-order valence-electron chi connectivity index (χ4n) is 1.64. The van der Waals surface area contributed by atoms with Crippen molar-refractivity contribution in [3.63, 3.8) is 0 Å². The normalized spacial score (nSPS) is 13.0. The van der Waals surface area contributed by atoms with Crippen LogP contribution in [0.3, 0.4) is 0 Å². The Bertz CT molecular complexity index is 495. The van der Waals surface area contributed by atoms with Crippen LogP contribution in [0.1, 0.15) is 34.3 Å². The van der Waals surface area contributed by atoms with E-state index in [0.717, 1.165) is 0 Å². The van der Waals surface area contributed by atoms with Gasteiger partial charge in [-0.15, -0.1) is 0 Å². The van der Waals surface area contributed by atoms with Gasteiger partial charge in [-0.1, -0.05) is 28.1 Å². The molecule has 0 bridgehead atoms. The van der Waals surface area contributed by atoms with E-state index in [1.165, 1.54) is 7.11 Å². The van der Waals surface area contributed by atoms with E-state index in [9.17, 15) is 9.36 Å². The Morgan fingerprint density at radius 3 is 2.40 bits per heavy atom. The van der Waals surface area contributed by atoms with Crippen LogP contribution in [0.2, 0.25) is 0 Å². The van der Waals surface area contributed by atoms with Crippen LogP contribution in [0, 0.1) is 0 Å². The second-order valence-electron chi connectivity index (χ2n) is 3.83. The lowest BCUT2D eigenvalue weighted by molar-refractivity contribution is 0.0600. The Kier molecular flexibility index (Phi) is 6.89. The summed E-state index contributed by atoms with van der Waals surface area (Å²) in [6, 6.07) is 6.67. The van der Waals surface area contributed by atoms with Crippen LogP contribution in [-0.4, -0.2) is 26.3 Å². The van der Waals surface area contributed by atoms with Gasteiger partial charge < -0.3 is 13.8 Å². The molecule has 0 N–H and O–H groups in total. The fourth-order valence-corrected chi connectivity index (χ4v) is 4.22. The zero-order chi connectivity index (χ0) is 15.2. The molecule has 0 aliphatic rings. The zero-order valence-electron chi connectivity index (χ0n) is 11.7. The molecule has 0 aliphatic carbocycles. The first kappa shape index (κ1) is 17.4. The van der Waals surface area contributed by atoms with E-state index in [0.29, 0.717) is 11.1 Å². The minimum absolute atomic E-state index is 0.274. The number of rotatable bonds is 7. The third-order valence-electron chi connectivity index (χ3n) is 2.48. The molecule has 0 saturated heterocycles. The van der Waals surface area contributed by atoms with Crippen LogP contribution >= 0.6 is 23.5 Å². The summed E-state index contributed by atoms with van der Waals surface area (Å²) in [5.41, 5.74) is 1.02. The van der Waals surface area contributed by atoms with Crippen LogP contribution in [0.4, 0.5) is 0 Å². The number of alkyl halides is 1. The van der Waals surface area contributed by atoms with Gasteiger partial charge in [0.15, 0.2) is 0 Å². The van der Waals surface area contributed by atoms with Crippen molar-refractivity contribution in [2.75, 3.05) is 20.3 Å². The third-order valence-corrected chi connectivity index (χ3v) is 6.60. The van der Waals surface area contributed by atoms with Gasteiger partial charge in [0.1, 0.15) is 4.57 Å². The first-order chi connectivity index (χ1) is 9.48. The second-order valence-corrected chi connectivity index (χ2v) is 7.56. The predicted octanol–water partition coefficient (Wildman–Crippen LogP) is 4.13. The molecule has 0 radical (unpaired) electrons. The van der Waals surface area contributed by atoms with Crippen LogP contribution in [0.25, 0.3) is 0 Å². The van der Waals surface area contributed by atoms with E-state index in [1.54, 1.807) is 38.1 Å². The minimum atomic E-state index is -3.33. The maximum atomic E-state index is 12.7. The first-order valence-corrected chi connectivity index (χ1v) is 8.72. The molecule has 5 nitrogen and oxygen atoms in total. The number of hydrogen-bond acceptors (Lipinski definition) is 5. The van der Waals surface area contributed by atoms with Gasteiger partial charge in [0.05, 0.1) is 25.9 Å². The summed E-state index contributed by atoms with van der Waals surface area (Å²) >= 11 is 3.35. The lowest BCUT2D eigenvalue weighted by Crippen LogP contribution is -2.05. The Balaban J connectivity index is 3.09. The van der Waals surface area contributed by atoms with E-state index in [2.05, 4.69) is 20.7 Å². The molecule has 1 rings (SSSR count). The van der Waals surface area contributed by atoms with E-state index < -0.39 is 18.1 Å². The topological polar surface area (TPSA) is 61.8 Å². The van der Waals surface area contributed by atoms with Gasteiger partial charge >= 0.3 is 13.6 Å². The van der Waals surface area contributed by atoms with Crippen molar-refractivity contribution in [3.8, 4) is 0 Å². The van der Waals surface area contributed by atoms with Gasteiger partial charge in [0, 0.05) is 0 Å². The van der Waals surface area contributed by atoms with Crippen molar-refractivity contribution in [3.05, 3.63) is 35.4 Å². The lowest BCUT2D eigenvalue weighted by atomic mass is 10.1. The van der Waals surface area contributed by atoms with Crippen molar-refractivity contribution in [1.29, 1.82) is 0 Å². The average Bonchev–Trinajstić information content (AvgIpc) is 2.46. The second kappa shape index (κ2) is 7.93. The maximum absolute atomic E-state index is 12.7. The summed E-state index contributed by atoms with van der Waals surface area (Å²) in [5, 5.41) is 0. The zero-order valence-corrected chi connectivity index (χ0v) is 14.1. The summed E-state index contributed by atoms with van der Waals surface area (Å²) < 4.78 is 27.2. The summed E-state index contributed by atoms with van der Waals surface area (Å²) in [5.74, 6) is -0.450. The molecule has 20 heavy (non-hydrogen) atoms. The number of carbonyl (C=O) groups excluding carboxylic acids is 1. The number of ether oxygens (including phenoxy) is 1. The quantitative estimate of drug-likeness (QED) is 0.413. The molecule has 1 aromatic rings. The van der Waals surface area contributed by atoms with Crippen LogP contribution < -0.4 is 0 Å². The molecule has 1 unspecified atom stereocenters. The van der Waals surface area contributed by atoms with E-state index in [-0.39, 0.29) is 13.2 Å². The number of carbonyl (C=O) groups is 1. The Labute approximate surface area is 127 Å². The molecule has 0 heterocycles. The van der Waals surface area contributed by atoms with Gasteiger partial charge in [-0.2, -0.15) is 0 Å². The number of halogens is 1. The first-order valence-electron chi connectivity index (χ1n) is 6.19. The van der Waals surface area contributed by atoms with Gasteiger partial charge in [-0.25, -0.2) is 4.79 Å². The standard InChI is InChI=1S/C13H18BrO5P/c1-4-18-20(16,19-5-2)12(14)10-7-6-8-11(9-10)13(15)17-3/h6-9,12H,4-5H2,1-3H3. The molecular formula is C13H18BrO5P. The molecule has 1 atom stereocenters. The van der Waals surface area contributed by atoms with Crippen LogP contribution in [-0.2, 0) is 18.3 Å². The van der Waals surface area contributed by atoms with Crippen molar-refractivity contribution in [2.45, 2.75) is 18.4 Å². The number of esters is 1. The number of benzene rings is 1. The molecule has 0 aliphatic heterocycles. The highest BCUT2D eigenvalue weighted by molar-refractivity contribution is 9.10. The van der Waals surface area contributed by atoms with Gasteiger partial charge in [-0.05, 0) is 31.5 Å². The largest absolute Gasteiger partial charge is 0.465 e. The van der Waals surface area contributed by atoms with Crippen molar-refractivity contribution >= 4 is 29.5 Å². The summed E-state index contributed by atoms with van der Waals surface area (Å²) in [4.78, 5) is 11.5. The summed E-state index contributed by atoms with van der Waals surface area (Å²) in [6.07, 6.45) is 0. The van der Waals surface area contributed by atoms with Crippen molar-refractivity contribution < 1.29 is 23.1 Å². The molecule has 0 aromatic heterocycles. The fraction of sp³-hybridized carbons (Fsp3) is 0.462. The molecule has 0 amide bonds. The Morgan fingerprint density at radius 2 is 1.90 bits per heavy atom. The van der Waals surface area contributed by atoms with Crippen molar-refractivity contribution in [2.24, 2.45) is 0 Å². The summed E-state index contributed by atoms with van der Waals surface area (Å²) in [7, 11) is -2.01. The monoisotopic (exact) mass is 364 g/mol. The van der Waals surface area contributed by atoms with Gasteiger partial charge in [-0.3, -0.25) is 4.57 Å². The van der Waals surface area contributed by atoms with Crippen LogP contribution in [0.5, 0.6) is 0 Å². The molecule has 7 heteroatoms. The molecule has 0 fully saturated rings. The summed E-state index contributed by atoms with van der Waals surface area (Å²) in [6.45, 7) is 4.04. The Hall–Kier alpha value is -0.680. The highest BCUT2D eigenvalue weighted by atomic mass is 79.9. The van der Waals surface area contributed by atoms with E-state index >= 15 is 0 Å². The number of methoxy groups -OCH3 is 1. The molecule has 0 saturated carbocycles. The third kappa shape index (κ3) is 4.16. The van der Waals surface area contributed by atoms with Gasteiger partial charge in [0.25, 0.3) is 0 Å². The number of hydrogen-bond donors (Lipinski definition) is 0. The maximum Gasteiger partial charge on any atom is 0.348 e. The molecule has 1 aromatic carbocycles. The minimum Gasteiger partial charge on any atom is -0.465 e. The highest BCUT2D eigenvalue weighted by Crippen LogP contribution is 2.63. The van der Waals surface area contributed by atoms with Gasteiger partial charge in [0.2, 0.25) is 0 Å². The lowest BCUT2D eigenvalue weighted by Gasteiger charge is -2.22. The molecule has 0 spiro atoms. The average molecular weight is 365 g/mol. The van der Waals surface area contributed by atoms with E-state index in [1.807, 2.05) is 0 Å². The smallest absolute Gasteiger partial charge is 0.348 e. The highest BCUT2D eigenvalue weighted by Gasteiger charge is 2.35. The van der Waals surface area contributed by atoms with Crippen LogP contribution in [0.15, 0.2) is 24.3 Å².